The van der Waals surface area contributed by atoms with E-state index < -0.39 is 0 Å². The van der Waals surface area contributed by atoms with Crippen molar-refractivity contribution in [2.45, 2.75) is 19.4 Å². The summed E-state index contributed by atoms with van der Waals surface area (Å²) in [7, 11) is 0. The number of pyridine rings is 1. The van der Waals surface area contributed by atoms with Crippen LogP contribution in [0.15, 0.2) is 41.8 Å². The number of guanidine groups is 1. The number of hydrogen-bond donors (Lipinski definition) is 1. The molecular formula is C19H26N8. The van der Waals surface area contributed by atoms with Crippen LogP contribution < -0.4 is 15.5 Å². The summed E-state index contributed by atoms with van der Waals surface area (Å²) in [6.45, 7) is 6.09. The molecule has 0 amide bonds. The Morgan fingerprint density at radius 2 is 1.67 bits per heavy atom. The van der Waals surface area contributed by atoms with E-state index in [4.69, 9.17) is 5.73 Å². The Kier molecular flexibility index (Phi) is 5.32. The Morgan fingerprint density at radius 3 is 2.33 bits per heavy atom. The fourth-order valence-corrected chi connectivity index (χ4v) is 3.51. The van der Waals surface area contributed by atoms with E-state index in [1.54, 1.807) is 12.4 Å². The van der Waals surface area contributed by atoms with Gasteiger partial charge in [0.2, 0.25) is 5.95 Å². The van der Waals surface area contributed by atoms with E-state index in [1.165, 1.54) is 12.8 Å². The molecule has 2 N–H and O–H groups in total. The zero-order valence-corrected chi connectivity index (χ0v) is 15.5. The lowest BCUT2D eigenvalue weighted by Crippen LogP contribution is -2.51. The minimum Gasteiger partial charge on any atom is -0.370 e. The molecule has 142 valence electrons. The minimum absolute atomic E-state index is 0.557. The van der Waals surface area contributed by atoms with Gasteiger partial charge in [-0.25, -0.2) is 19.9 Å². The van der Waals surface area contributed by atoms with Gasteiger partial charge in [-0.15, -0.1) is 0 Å². The molecule has 8 nitrogen and oxygen atoms in total. The smallest absolute Gasteiger partial charge is 0.225 e. The van der Waals surface area contributed by atoms with Crippen molar-refractivity contribution in [1.82, 2.24) is 19.9 Å². The van der Waals surface area contributed by atoms with Crippen LogP contribution in [-0.2, 0) is 6.54 Å². The van der Waals surface area contributed by atoms with Crippen molar-refractivity contribution in [3.05, 3.63) is 42.4 Å². The second kappa shape index (κ2) is 8.20. The number of piperazine rings is 1. The molecule has 2 aromatic heterocycles. The molecule has 0 saturated carbocycles. The van der Waals surface area contributed by atoms with Crippen LogP contribution in [-0.4, -0.2) is 65.1 Å². The third-order valence-electron chi connectivity index (χ3n) is 5.10. The Balaban J connectivity index is 1.29. The number of nitrogens with two attached hydrogens (primary N) is 1. The lowest BCUT2D eigenvalue weighted by molar-refractivity contribution is 0.378. The first-order valence-electron chi connectivity index (χ1n) is 9.56. The van der Waals surface area contributed by atoms with Crippen LogP contribution >= 0.6 is 0 Å². The zero-order chi connectivity index (χ0) is 18.5. The molecule has 2 aromatic rings. The molecular weight excluding hydrogens is 340 g/mol. The Bertz CT molecular complexity index is 747. The van der Waals surface area contributed by atoms with Crippen molar-refractivity contribution in [2.24, 2.45) is 10.7 Å². The van der Waals surface area contributed by atoms with Crippen molar-refractivity contribution < 1.29 is 0 Å². The number of nitrogens with zero attached hydrogens (tertiary/aromatic N) is 7. The van der Waals surface area contributed by atoms with Crippen molar-refractivity contribution in [3.8, 4) is 0 Å². The van der Waals surface area contributed by atoms with Gasteiger partial charge in [0.05, 0.1) is 6.54 Å². The molecule has 0 aromatic carbocycles. The highest BCUT2D eigenvalue weighted by molar-refractivity contribution is 5.78. The normalized spacial score (nSPS) is 18.2. The lowest BCUT2D eigenvalue weighted by Gasteiger charge is -2.35. The maximum absolute atomic E-state index is 6.21. The molecule has 0 aliphatic carbocycles. The molecule has 0 bridgehead atoms. The first kappa shape index (κ1) is 17.5. The Hall–Kier alpha value is -2.90. The molecule has 0 unspecified atom stereocenters. The SMILES string of the molecule is NC(=NCc1ccc(N2CCCC2)nc1)N1CCN(c2ncccn2)CC1. The van der Waals surface area contributed by atoms with Gasteiger partial charge in [-0.1, -0.05) is 6.07 Å². The van der Waals surface area contributed by atoms with Gasteiger partial charge in [-0.2, -0.15) is 0 Å². The van der Waals surface area contributed by atoms with Crippen LogP contribution in [0.3, 0.4) is 0 Å². The summed E-state index contributed by atoms with van der Waals surface area (Å²) in [4.78, 5) is 24.4. The molecule has 0 atom stereocenters. The predicted octanol–water partition coefficient (Wildman–Crippen LogP) is 1.11. The first-order valence-corrected chi connectivity index (χ1v) is 9.56. The van der Waals surface area contributed by atoms with E-state index in [0.717, 1.165) is 56.6 Å². The maximum atomic E-state index is 6.21. The Morgan fingerprint density at radius 1 is 0.926 bits per heavy atom. The first-order chi connectivity index (χ1) is 13.3. The van der Waals surface area contributed by atoms with Gasteiger partial charge >= 0.3 is 0 Å². The Labute approximate surface area is 159 Å². The van der Waals surface area contributed by atoms with Gasteiger partial charge in [0.1, 0.15) is 5.82 Å². The van der Waals surface area contributed by atoms with Gasteiger partial charge < -0.3 is 20.4 Å². The highest BCUT2D eigenvalue weighted by Gasteiger charge is 2.20. The summed E-state index contributed by atoms with van der Waals surface area (Å²) in [6, 6.07) is 6.02. The summed E-state index contributed by atoms with van der Waals surface area (Å²) in [6.07, 6.45) is 7.97. The van der Waals surface area contributed by atoms with Crippen molar-refractivity contribution >= 4 is 17.7 Å². The van der Waals surface area contributed by atoms with Crippen molar-refractivity contribution in [3.63, 3.8) is 0 Å². The van der Waals surface area contributed by atoms with Gasteiger partial charge in [-0.05, 0) is 30.5 Å². The molecule has 8 heteroatoms. The van der Waals surface area contributed by atoms with E-state index in [1.807, 2.05) is 12.3 Å². The highest BCUT2D eigenvalue weighted by Crippen LogP contribution is 2.18. The zero-order valence-electron chi connectivity index (χ0n) is 15.5. The molecule has 4 rings (SSSR count). The fraction of sp³-hybridized carbons (Fsp3) is 0.474. The summed E-state index contributed by atoms with van der Waals surface area (Å²) in [5, 5.41) is 0. The average molecular weight is 366 g/mol. The summed E-state index contributed by atoms with van der Waals surface area (Å²) < 4.78 is 0. The van der Waals surface area contributed by atoms with E-state index >= 15 is 0 Å². The number of rotatable bonds is 4. The van der Waals surface area contributed by atoms with Crippen LogP contribution in [0.4, 0.5) is 11.8 Å². The summed E-state index contributed by atoms with van der Waals surface area (Å²) in [5.74, 6) is 2.43. The van der Waals surface area contributed by atoms with Crippen LogP contribution in [0, 0.1) is 0 Å². The van der Waals surface area contributed by atoms with E-state index in [9.17, 15) is 0 Å². The van der Waals surface area contributed by atoms with E-state index in [2.05, 4.69) is 46.8 Å². The molecule has 2 aliphatic rings. The monoisotopic (exact) mass is 366 g/mol. The average Bonchev–Trinajstić information content (AvgIpc) is 3.28. The quantitative estimate of drug-likeness (QED) is 0.641. The largest absolute Gasteiger partial charge is 0.370 e. The third-order valence-corrected chi connectivity index (χ3v) is 5.10. The summed E-state index contributed by atoms with van der Waals surface area (Å²) >= 11 is 0. The molecule has 27 heavy (non-hydrogen) atoms. The second-order valence-corrected chi connectivity index (χ2v) is 6.92. The third kappa shape index (κ3) is 4.27. The highest BCUT2D eigenvalue weighted by atomic mass is 15.4. The predicted molar refractivity (Wildman–Crippen MR) is 107 cm³/mol. The molecule has 2 fully saturated rings. The van der Waals surface area contributed by atoms with Gasteiger partial charge in [-0.3, -0.25) is 0 Å². The van der Waals surface area contributed by atoms with Gasteiger partial charge in [0.25, 0.3) is 0 Å². The summed E-state index contributed by atoms with van der Waals surface area (Å²) in [5.41, 5.74) is 7.29. The van der Waals surface area contributed by atoms with Crippen molar-refractivity contribution in [1.29, 1.82) is 0 Å². The molecule has 0 spiro atoms. The van der Waals surface area contributed by atoms with Crippen LogP contribution in [0.2, 0.25) is 0 Å². The molecule has 4 heterocycles. The van der Waals surface area contributed by atoms with Gasteiger partial charge in [0.15, 0.2) is 5.96 Å². The van der Waals surface area contributed by atoms with Crippen LogP contribution in [0.25, 0.3) is 0 Å². The maximum Gasteiger partial charge on any atom is 0.225 e. The van der Waals surface area contributed by atoms with Crippen LogP contribution in [0.1, 0.15) is 18.4 Å². The van der Waals surface area contributed by atoms with E-state index in [0.29, 0.717) is 12.5 Å². The van der Waals surface area contributed by atoms with Gasteiger partial charge in [0, 0.05) is 57.9 Å². The van der Waals surface area contributed by atoms with Crippen molar-refractivity contribution in [2.75, 3.05) is 49.1 Å². The molecule has 0 radical (unpaired) electrons. The molecule has 2 aliphatic heterocycles. The minimum atomic E-state index is 0.557. The second-order valence-electron chi connectivity index (χ2n) is 6.92. The molecule has 2 saturated heterocycles. The number of anilines is 2. The van der Waals surface area contributed by atoms with E-state index in [-0.39, 0.29) is 0 Å². The fourth-order valence-electron chi connectivity index (χ4n) is 3.51. The standard InChI is InChI=1S/C19H26N8/c20-18(26-10-12-27(13-11-26)19-21-6-3-7-22-19)24-15-16-4-5-17(23-14-16)25-8-1-2-9-25/h3-7,14H,1-2,8-13,15H2,(H2,20,24). The number of aliphatic imine (C=N–C) groups is 1. The lowest BCUT2D eigenvalue weighted by atomic mass is 10.3. The number of aromatic nitrogens is 3. The van der Waals surface area contributed by atoms with Crippen LogP contribution in [0.5, 0.6) is 0 Å². The number of hydrogen-bond acceptors (Lipinski definition) is 6. The topological polar surface area (TPSA) is 86.8 Å².